The summed E-state index contributed by atoms with van der Waals surface area (Å²) in [5.41, 5.74) is 2.04. The number of nitrogens with one attached hydrogen (secondary N) is 1. The highest BCUT2D eigenvalue weighted by molar-refractivity contribution is 9.10. The second-order valence-corrected chi connectivity index (χ2v) is 7.41. The topological polar surface area (TPSA) is 85.1 Å². The van der Waals surface area contributed by atoms with Crippen molar-refractivity contribution in [1.29, 1.82) is 0 Å². The minimum Gasteiger partial charge on any atom is -0.411 e. The van der Waals surface area contributed by atoms with Crippen LogP contribution in [0.2, 0.25) is 0 Å². The molecule has 2 aromatic carbocycles. The Hall–Kier alpha value is -2.45. The van der Waals surface area contributed by atoms with Gasteiger partial charge < -0.3 is 9.73 Å². The van der Waals surface area contributed by atoms with Gasteiger partial charge in [-0.1, -0.05) is 34.6 Å². The number of Topliss-reactive ketones (excluding diaryl/α,β-unsaturated/α-hetero) is 1. The molecule has 1 aromatic heterocycles. The molecule has 0 aliphatic carbocycles. The Morgan fingerprint density at radius 3 is 2.44 bits per heavy atom. The second-order valence-electron chi connectivity index (χ2n) is 5.57. The summed E-state index contributed by atoms with van der Waals surface area (Å²) in [5.74, 6) is 0.468. The first-order valence-corrected chi connectivity index (χ1v) is 9.98. The van der Waals surface area contributed by atoms with Crippen molar-refractivity contribution in [2.24, 2.45) is 0 Å². The summed E-state index contributed by atoms with van der Waals surface area (Å²) < 4.78 is 6.56. The molecule has 0 fully saturated rings. The number of benzene rings is 2. The van der Waals surface area contributed by atoms with E-state index in [1.54, 1.807) is 31.2 Å². The normalized spacial score (nSPS) is 10.6. The van der Waals surface area contributed by atoms with E-state index in [2.05, 4.69) is 31.4 Å². The molecule has 6 nitrogen and oxygen atoms in total. The van der Waals surface area contributed by atoms with Crippen molar-refractivity contribution >= 4 is 45.1 Å². The van der Waals surface area contributed by atoms with E-state index in [1.165, 1.54) is 11.8 Å². The molecule has 0 atom stereocenters. The van der Waals surface area contributed by atoms with Crippen LogP contribution in [0.1, 0.15) is 23.7 Å². The SMILES string of the molecule is CCC(=O)Nc1ccc(C(=O)CSc2nnc(-c3ccc(Br)cc3)o2)cc1. The van der Waals surface area contributed by atoms with Crippen molar-refractivity contribution in [2.45, 2.75) is 18.6 Å². The zero-order chi connectivity index (χ0) is 19.2. The third-order valence-electron chi connectivity index (χ3n) is 3.64. The summed E-state index contributed by atoms with van der Waals surface area (Å²) in [6.07, 6.45) is 0.406. The first kappa shape index (κ1) is 19.3. The van der Waals surface area contributed by atoms with Gasteiger partial charge in [0.05, 0.1) is 5.75 Å². The van der Waals surface area contributed by atoms with Crippen LogP contribution in [-0.4, -0.2) is 27.6 Å². The number of amides is 1. The number of hydrogen-bond donors (Lipinski definition) is 1. The monoisotopic (exact) mass is 445 g/mol. The zero-order valence-corrected chi connectivity index (χ0v) is 16.8. The summed E-state index contributed by atoms with van der Waals surface area (Å²) in [6, 6.07) is 14.3. The van der Waals surface area contributed by atoms with Gasteiger partial charge in [-0.05, 0) is 48.5 Å². The molecule has 0 saturated heterocycles. The predicted octanol–water partition coefficient (Wildman–Crippen LogP) is 4.82. The van der Waals surface area contributed by atoms with Crippen molar-refractivity contribution < 1.29 is 14.0 Å². The first-order chi connectivity index (χ1) is 13.0. The molecule has 0 aliphatic heterocycles. The molecule has 1 N–H and O–H groups in total. The van der Waals surface area contributed by atoms with Crippen LogP contribution in [0.15, 0.2) is 62.6 Å². The highest BCUT2D eigenvalue weighted by Gasteiger charge is 2.12. The average molecular weight is 446 g/mol. The van der Waals surface area contributed by atoms with Crippen molar-refractivity contribution in [3.63, 3.8) is 0 Å². The van der Waals surface area contributed by atoms with Crippen LogP contribution >= 0.6 is 27.7 Å². The maximum atomic E-state index is 12.3. The van der Waals surface area contributed by atoms with E-state index in [9.17, 15) is 9.59 Å². The lowest BCUT2D eigenvalue weighted by Gasteiger charge is -2.04. The van der Waals surface area contributed by atoms with Crippen LogP contribution in [0, 0.1) is 0 Å². The Balaban J connectivity index is 1.57. The molecule has 0 unspecified atom stereocenters. The average Bonchev–Trinajstić information content (AvgIpc) is 3.16. The fraction of sp³-hybridized carbons (Fsp3) is 0.158. The van der Waals surface area contributed by atoms with Gasteiger partial charge in [0, 0.05) is 27.7 Å². The number of anilines is 1. The molecule has 0 radical (unpaired) electrons. The summed E-state index contributed by atoms with van der Waals surface area (Å²) in [6.45, 7) is 1.78. The van der Waals surface area contributed by atoms with E-state index in [-0.39, 0.29) is 17.4 Å². The Labute approximate surface area is 168 Å². The first-order valence-electron chi connectivity index (χ1n) is 8.20. The third-order valence-corrected chi connectivity index (χ3v) is 4.98. The van der Waals surface area contributed by atoms with Crippen molar-refractivity contribution in [2.75, 3.05) is 11.1 Å². The van der Waals surface area contributed by atoms with E-state index >= 15 is 0 Å². The minimum atomic E-state index is -0.0670. The van der Waals surface area contributed by atoms with E-state index in [4.69, 9.17) is 4.42 Å². The van der Waals surface area contributed by atoms with Gasteiger partial charge in [-0.25, -0.2) is 0 Å². The predicted molar refractivity (Wildman–Crippen MR) is 108 cm³/mol. The van der Waals surface area contributed by atoms with Gasteiger partial charge in [-0.2, -0.15) is 0 Å². The summed E-state index contributed by atoms with van der Waals surface area (Å²) in [5, 5.41) is 11.1. The second kappa shape index (κ2) is 8.96. The van der Waals surface area contributed by atoms with E-state index < -0.39 is 0 Å². The Morgan fingerprint density at radius 2 is 1.78 bits per heavy atom. The summed E-state index contributed by atoms with van der Waals surface area (Å²) >= 11 is 4.57. The molecule has 0 saturated carbocycles. The van der Waals surface area contributed by atoms with Gasteiger partial charge in [0.25, 0.3) is 5.22 Å². The highest BCUT2D eigenvalue weighted by atomic mass is 79.9. The van der Waals surface area contributed by atoms with Crippen LogP contribution < -0.4 is 5.32 Å². The number of rotatable bonds is 7. The van der Waals surface area contributed by atoms with Crippen LogP contribution in [0.5, 0.6) is 0 Å². The van der Waals surface area contributed by atoms with Gasteiger partial charge in [-0.3, -0.25) is 9.59 Å². The highest BCUT2D eigenvalue weighted by Crippen LogP contribution is 2.25. The fourth-order valence-corrected chi connectivity index (χ4v) is 3.10. The van der Waals surface area contributed by atoms with E-state index in [1.807, 2.05) is 24.3 Å². The third kappa shape index (κ3) is 5.27. The molecule has 27 heavy (non-hydrogen) atoms. The lowest BCUT2D eigenvalue weighted by molar-refractivity contribution is -0.115. The van der Waals surface area contributed by atoms with Crippen molar-refractivity contribution in [3.8, 4) is 11.5 Å². The van der Waals surface area contributed by atoms with E-state index in [0.717, 1.165) is 10.0 Å². The van der Waals surface area contributed by atoms with E-state index in [0.29, 0.717) is 28.8 Å². The molecule has 3 aromatic rings. The van der Waals surface area contributed by atoms with Gasteiger partial charge in [0.1, 0.15) is 0 Å². The number of carbonyl (C=O) groups is 2. The summed E-state index contributed by atoms with van der Waals surface area (Å²) in [4.78, 5) is 23.7. The quantitative estimate of drug-likeness (QED) is 0.414. The molecule has 0 bridgehead atoms. The van der Waals surface area contributed by atoms with Crippen LogP contribution in [0.25, 0.3) is 11.5 Å². The largest absolute Gasteiger partial charge is 0.411 e. The molecule has 1 heterocycles. The molecule has 3 rings (SSSR count). The smallest absolute Gasteiger partial charge is 0.277 e. The molecular formula is C19H16BrN3O3S. The number of thioether (sulfide) groups is 1. The molecule has 0 spiro atoms. The minimum absolute atomic E-state index is 0.0586. The molecule has 1 amide bonds. The number of hydrogen-bond acceptors (Lipinski definition) is 6. The van der Waals surface area contributed by atoms with Gasteiger partial charge in [-0.15, -0.1) is 10.2 Å². The van der Waals surface area contributed by atoms with Crippen LogP contribution in [0.3, 0.4) is 0 Å². The van der Waals surface area contributed by atoms with Crippen molar-refractivity contribution in [3.05, 3.63) is 58.6 Å². The molecule has 138 valence electrons. The van der Waals surface area contributed by atoms with Gasteiger partial charge in [0.2, 0.25) is 11.8 Å². The Bertz CT molecular complexity index is 940. The number of halogens is 1. The number of aromatic nitrogens is 2. The zero-order valence-electron chi connectivity index (χ0n) is 14.4. The maximum Gasteiger partial charge on any atom is 0.277 e. The number of ketones is 1. The molecule has 0 aliphatic rings. The fourth-order valence-electron chi connectivity index (χ4n) is 2.18. The molecule has 8 heteroatoms. The maximum absolute atomic E-state index is 12.3. The van der Waals surface area contributed by atoms with Gasteiger partial charge >= 0.3 is 0 Å². The summed E-state index contributed by atoms with van der Waals surface area (Å²) in [7, 11) is 0. The number of carbonyl (C=O) groups excluding carboxylic acids is 2. The van der Waals surface area contributed by atoms with Crippen molar-refractivity contribution in [1.82, 2.24) is 10.2 Å². The molecular weight excluding hydrogens is 430 g/mol. The standard InChI is InChI=1S/C19H16BrN3O3S/c1-2-17(25)21-15-9-5-12(6-10-15)16(24)11-27-19-23-22-18(26-19)13-3-7-14(20)8-4-13/h3-10H,2,11H2,1H3,(H,21,25). The van der Waals surface area contributed by atoms with Crippen LogP contribution in [0.4, 0.5) is 5.69 Å². The van der Waals surface area contributed by atoms with Crippen LogP contribution in [-0.2, 0) is 4.79 Å². The Morgan fingerprint density at radius 1 is 1.07 bits per heavy atom. The Kier molecular flexibility index (Phi) is 6.41. The lowest BCUT2D eigenvalue weighted by Crippen LogP contribution is -2.09. The lowest BCUT2D eigenvalue weighted by atomic mass is 10.1. The van der Waals surface area contributed by atoms with Gasteiger partial charge in [0.15, 0.2) is 5.78 Å². The number of nitrogens with zero attached hydrogens (tertiary/aromatic N) is 2.